The summed E-state index contributed by atoms with van der Waals surface area (Å²) >= 11 is 0. The third-order valence-corrected chi connectivity index (χ3v) is 5.59. The second kappa shape index (κ2) is 6.86. The Labute approximate surface area is 150 Å². The van der Waals surface area contributed by atoms with Crippen LogP contribution in [0.2, 0.25) is 0 Å². The molecule has 6 heteroatoms. The minimum atomic E-state index is -0.599. The van der Waals surface area contributed by atoms with Crippen molar-refractivity contribution in [3.8, 4) is 0 Å². The molecule has 1 aliphatic heterocycles. The van der Waals surface area contributed by atoms with Gasteiger partial charge in [0.05, 0.1) is 5.92 Å². The van der Waals surface area contributed by atoms with E-state index in [0.717, 1.165) is 32.1 Å². The van der Waals surface area contributed by atoms with Gasteiger partial charge >= 0.3 is 12.3 Å². The number of ether oxygens (including phenoxy) is 1. The van der Waals surface area contributed by atoms with Crippen molar-refractivity contribution >= 4 is 12.0 Å². The molecule has 1 N–H and O–H groups in total. The molecule has 1 heterocycles. The quantitative estimate of drug-likeness (QED) is 0.798. The molecule has 0 aromatic heterocycles. The maximum atomic E-state index is 13.2. The van der Waals surface area contributed by atoms with Gasteiger partial charge in [0.15, 0.2) is 0 Å². The molecule has 2 saturated carbocycles. The summed E-state index contributed by atoms with van der Waals surface area (Å²) in [6.07, 6.45) is 5.41. The van der Waals surface area contributed by atoms with Gasteiger partial charge < -0.3 is 10.1 Å². The predicted molar refractivity (Wildman–Crippen MR) is 93.4 cm³/mol. The highest BCUT2D eigenvalue weighted by Gasteiger charge is 2.59. The number of hydrogen-bond donors (Lipinski definition) is 1. The fraction of sp³-hybridized carbons (Fsp3) is 0.842. The van der Waals surface area contributed by atoms with Crippen LogP contribution in [0.25, 0.3) is 4.85 Å². The number of nitrogens with one attached hydrogen (secondary N) is 1. The highest BCUT2D eigenvalue weighted by Crippen LogP contribution is 2.50. The van der Waals surface area contributed by atoms with Crippen LogP contribution in [0.5, 0.6) is 0 Å². The van der Waals surface area contributed by atoms with Crippen LogP contribution >= 0.6 is 0 Å². The summed E-state index contributed by atoms with van der Waals surface area (Å²) in [6.45, 7) is 13.5. The van der Waals surface area contributed by atoms with Gasteiger partial charge in [0.25, 0.3) is 5.91 Å². The molecule has 3 rings (SSSR count). The lowest BCUT2D eigenvalue weighted by Crippen LogP contribution is -2.54. The average molecular weight is 347 g/mol. The summed E-state index contributed by atoms with van der Waals surface area (Å²) in [4.78, 5) is 30.9. The Kier molecular flexibility index (Phi) is 4.95. The molecular formula is C19H29N3O3. The van der Waals surface area contributed by atoms with Gasteiger partial charge in [-0.25, -0.2) is 11.4 Å². The Morgan fingerprint density at radius 3 is 2.52 bits per heavy atom. The van der Waals surface area contributed by atoms with E-state index in [1.807, 2.05) is 20.8 Å². The summed E-state index contributed by atoms with van der Waals surface area (Å²) < 4.78 is 5.37. The topological polar surface area (TPSA) is 63.0 Å². The molecule has 3 fully saturated rings. The van der Waals surface area contributed by atoms with Crippen LogP contribution in [-0.2, 0) is 9.53 Å². The number of fused-ring (bicyclic) bond motifs is 1. The summed E-state index contributed by atoms with van der Waals surface area (Å²) in [7, 11) is 0. The van der Waals surface area contributed by atoms with E-state index in [9.17, 15) is 9.59 Å². The second-order valence-corrected chi connectivity index (χ2v) is 8.71. The van der Waals surface area contributed by atoms with Crippen LogP contribution in [0.4, 0.5) is 4.79 Å². The molecule has 1 unspecified atom stereocenters. The molecule has 6 nitrogen and oxygen atoms in total. The Hall–Kier alpha value is -1.77. The molecule has 0 aromatic carbocycles. The van der Waals surface area contributed by atoms with E-state index >= 15 is 0 Å². The summed E-state index contributed by atoms with van der Waals surface area (Å²) in [6, 6.07) is -0.572. The first kappa shape index (κ1) is 18.0. The number of hydrogen-bond acceptors (Lipinski definition) is 3. The fourth-order valence-corrected chi connectivity index (χ4v) is 4.29. The highest BCUT2D eigenvalue weighted by atomic mass is 16.6. The van der Waals surface area contributed by atoms with E-state index in [1.54, 1.807) is 4.90 Å². The lowest BCUT2D eigenvalue weighted by Gasteiger charge is -2.33. The first-order chi connectivity index (χ1) is 11.8. The van der Waals surface area contributed by atoms with Crippen molar-refractivity contribution in [2.75, 3.05) is 6.54 Å². The van der Waals surface area contributed by atoms with Gasteiger partial charge in [-0.2, -0.15) is 0 Å². The molecule has 0 bridgehead atoms. The van der Waals surface area contributed by atoms with E-state index < -0.39 is 17.7 Å². The summed E-state index contributed by atoms with van der Waals surface area (Å²) in [5, 5.41) is 2.84. The number of nitrogens with zero attached hydrogens (tertiary/aromatic N) is 2. The predicted octanol–water partition coefficient (Wildman–Crippen LogP) is 3.18. The SMILES string of the molecule is [C-]#[N+]C1[C@@H]2C[C@@H]2CN1C(=O)[C@@H](NC(=O)OC(C)(C)C)C1CCCCC1. The molecule has 3 aliphatic rings. The van der Waals surface area contributed by atoms with Crippen molar-refractivity contribution in [1.29, 1.82) is 0 Å². The lowest BCUT2D eigenvalue weighted by molar-refractivity contribution is -0.136. The van der Waals surface area contributed by atoms with Crippen LogP contribution in [0, 0.1) is 24.3 Å². The average Bonchev–Trinajstić information content (AvgIpc) is 3.22. The Bertz CT molecular complexity index is 571. The van der Waals surface area contributed by atoms with Gasteiger partial charge in [0, 0.05) is 6.54 Å². The van der Waals surface area contributed by atoms with Gasteiger partial charge in [-0.15, -0.1) is 0 Å². The first-order valence-corrected chi connectivity index (χ1v) is 9.46. The van der Waals surface area contributed by atoms with Crippen LogP contribution in [0.1, 0.15) is 59.3 Å². The van der Waals surface area contributed by atoms with E-state index in [0.29, 0.717) is 18.4 Å². The largest absolute Gasteiger partial charge is 0.444 e. The van der Waals surface area contributed by atoms with Crippen LogP contribution in [-0.4, -0.2) is 41.3 Å². The van der Waals surface area contributed by atoms with E-state index in [-0.39, 0.29) is 18.0 Å². The monoisotopic (exact) mass is 347 g/mol. The van der Waals surface area contributed by atoms with Crippen molar-refractivity contribution in [3.05, 3.63) is 11.4 Å². The molecule has 4 atom stereocenters. The molecule has 0 spiro atoms. The number of alkyl carbamates (subject to hydrolysis) is 1. The summed E-state index contributed by atoms with van der Waals surface area (Å²) in [5.41, 5.74) is -0.599. The Balaban J connectivity index is 1.72. The fourth-order valence-electron chi connectivity index (χ4n) is 4.29. The number of carbonyl (C=O) groups is 2. The van der Waals surface area contributed by atoms with Crippen molar-refractivity contribution in [1.82, 2.24) is 10.2 Å². The smallest absolute Gasteiger partial charge is 0.408 e. The zero-order valence-electron chi connectivity index (χ0n) is 15.5. The third-order valence-electron chi connectivity index (χ3n) is 5.59. The minimum Gasteiger partial charge on any atom is -0.444 e. The van der Waals surface area contributed by atoms with Gasteiger partial charge in [-0.1, -0.05) is 19.3 Å². The maximum absolute atomic E-state index is 13.2. The molecular weight excluding hydrogens is 318 g/mol. The third kappa shape index (κ3) is 4.08. The molecule has 138 valence electrons. The Morgan fingerprint density at radius 2 is 1.92 bits per heavy atom. The molecule has 2 amide bonds. The number of amides is 2. The van der Waals surface area contributed by atoms with Gasteiger partial charge in [0.2, 0.25) is 0 Å². The van der Waals surface area contributed by atoms with Crippen molar-refractivity contribution < 1.29 is 14.3 Å². The minimum absolute atomic E-state index is 0.0917. The Morgan fingerprint density at radius 1 is 1.24 bits per heavy atom. The van der Waals surface area contributed by atoms with Crippen molar-refractivity contribution in [2.45, 2.75) is 77.1 Å². The van der Waals surface area contributed by atoms with Crippen LogP contribution < -0.4 is 5.32 Å². The zero-order valence-corrected chi connectivity index (χ0v) is 15.5. The number of piperidine rings is 1. The van der Waals surface area contributed by atoms with E-state index in [4.69, 9.17) is 11.3 Å². The molecule has 2 aliphatic carbocycles. The number of likely N-dealkylation sites (tertiary alicyclic amines) is 1. The summed E-state index contributed by atoms with van der Waals surface area (Å²) in [5.74, 6) is 0.870. The van der Waals surface area contributed by atoms with Gasteiger partial charge in [0.1, 0.15) is 11.6 Å². The van der Waals surface area contributed by atoms with E-state index in [2.05, 4.69) is 10.2 Å². The second-order valence-electron chi connectivity index (χ2n) is 8.71. The highest BCUT2D eigenvalue weighted by molar-refractivity contribution is 5.87. The van der Waals surface area contributed by atoms with E-state index in [1.165, 1.54) is 6.42 Å². The van der Waals surface area contributed by atoms with Crippen LogP contribution in [0.3, 0.4) is 0 Å². The number of rotatable bonds is 3. The molecule has 25 heavy (non-hydrogen) atoms. The zero-order chi connectivity index (χ0) is 18.2. The maximum Gasteiger partial charge on any atom is 0.408 e. The van der Waals surface area contributed by atoms with Crippen molar-refractivity contribution in [2.24, 2.45) is 17.8 Å². The standard InChI is InChI=1S/C19H29N3O3/c1-19(2,3)25-18(24)21-15(12-8-6-5-7-9-12)17(23)22-11-13-10-14(13)16(22)20-4/h12-16H,5-11H2,1-3H3,(H,21,24)/t13-,14-,15+,16?/m1/s1. The number of carbonyl (C=O) groups excluding carboxylic acids is 2. The van der Waals surface area contributed by atoms with Crippen LogP contribution in [0.15, 0.2) is 0 Å². The molecule has 0 radical (unpaired) electrons. The van der Waals surface area contributed by atoms with Crippen molar-refractivity contribution in [3.63, 3.8) is 0 Å². The molecule has 1 saturated heterocycles. The normalized spacial score (nSPS) is 30.2. The first-order valence-electron chi connectivity index (χ1n) is 9.46. The lowest BCUT2D eigenvalue weighted by atomic mass is 9.83. The van der Waals surface area contributed by atoms with Gasteiger partial charge in [-0.3, -0.25) is 14.5 Å². The van der Waals surface area contributed by atoms with Gasteiger partial charge in [-0.05, 0) is 51.9 Å². The molecule has 0 aromatic rings.